The Morgan fingerprint density at radius 2 is 2.07 bits per heavy atom. The van der Waals surface area contributed by atoms with Crippen molar-refractivity contribution in [3.8, 4) is 5.75 Å². The SMILES string of the molecule is COC(=O)[C@@H](CN)Oc1ccc(Br)cc1. The minimum atomic E-state index is -0.754. The zero-order valence-electron chi connectivity index (χ0n) is 8.27. The quantitative estimate of drug-likeness (QED) is 0.841. The maximum atomic E-state index is 11.2. The molecule has 5 heteroatoms. The van der Waals surface area contributed by atoms with Crippen LogP contribution in [0.2, 0.25) is 0 Å². The Hall–Kier alpha value is -1.07. The van der Waals surface area contributed by atoms with Gasteiger partial charge in [0.15, 0.2) is 0 Å². The molecule has 0 radical (unpaired) electrons. The molecule has 0 aliphatic carbocycles. The highest BCUT2D eigenvalue weighted by molar-refractivity contribution is 9.10. The Morgan fingerprint density at radius 1 is 1.47 bits per heavy atom. The number of ether oxygens (including phenoxy) is 2. The number of halogens is 1. The van der Waals surface area contributed by atoms with E-state index in [0.717, 1.165) is 4.47 Å². The number of methoxy groups -OCH3 is 1. The highest BCUT2D eigenvalue weighted by Gasteiger charge is 2.18. The van der Waals surface area contributed by atoms with Gasteiger partial charge in [0.25, 0.3) is 0 Å². The molecule has 0 amide bonds. The van der Waals surface area contributed by atoms with Crippen LogP contribution in [0.1, 0.15) is 0 Å². The molecule has 0 spiro atoms. The van der Waals surface area contributed by atoms with Crippen LogP contribution < -0.4 is 10.5 Å². The minimum Gasteiger partial charge on any atom is -0.477 e. The fourth-order valence-electron chi connectivity index (χ4n) is 1.00. The zero-order chi connectivity index (χ0) is 11.3. The zero-order valence-corrected chi connectivity index (χ0v) is 9.86. The van der Waals surface area contributed by atoms with Gasteiger partial charge in [0, 0.05) is 11.0 Å². The van der Waals surface area contributed by atoms with Gasteiger partial charge >= 0.3 is 5.97 Å². The molecule has 0 aromatic heterocycles. The number of hydrogen-bond acceptors (Lipinski definition) is 4. The Bertz CT molecular complexity index is 326. The lowest BCUT2D eigenvalue weighted by molar-refractivity contribution is -0.148. The molecule has 0 unspecified atom stereocenters. The maximum Gasteiger partial charge on any atom is 0.348 e. The first-order chi connectivity index (χ1) is 7.17. The number of carbonyl (C=O) groups is 1. The molecule has 0 saturated heterocycles. The second-order valence-corrected chi connectivity index (χ2v) is 3.73. The fraction of sp³-hybridized carbons (Fsp3) is 0.300. The van der Waals surface area contributed by atoms with Gasteiger partial charge in [0.05, 0.1) is 7.11 Å². The summed E-state index contributed by atoms with van der Waals surface area (Å²) in [5.74, 6) is 0.111. The van der Waals surface area contributed by atoms with E-state index in [9.17, 15) is 4.79 Å². The molecular weight excluding hydrogens is 262 g/mol. The van der Waals surface area contributed by atoms with Gasteiger partial charge in [-0.3, -0.25) is 0 Å². The van der Waals surface area contributed by atoms with E-state index in [-0.39, 0.29) is 6.54 Å². The number of hydrogen-bond donors (Lipinski definition) is 1. The van der Waals surface area contributed by atoms with Gasteiger partial charge in [0.2, 0.25) is 6.10 Å². The van der Waals surface area contributed by atoms with Crippen LogP contribution in [0.25, 0.3) is 0 Å². The number of esters is 1. The molecule has 82 valence electrons. The molecule has 1 aromatic rings. The second-order valence-electron chi connectivity index (χ2n) is 2.82. The van der Waals surface area contributed by atoms with Crippen LogP contribution in [-0.2, 0) is 9.53 Å². The predicted molar refractivity (Wildman–Crippen MR) is 59.6 cm³/mol. The van der Waals surface area contributed by atoms with Gasteiger partial charge in [-0.1, -0.05) is 15.9 Å². The van der Waals surface area contributed by atoms with Crippen LogP contribution in [-0.4, -0.2) is 25.7 Å². The van der Waals surface area contributed by atoms with Crippen molar-refractivity contribution in [3.63, 3.8) is 0 Å². The second kappa shape index (κ2) is 5.72. The Labute approximate surface area is 96.5 Å². The summed E-state index contributed by atoms with van der Waals surface area (Å²) in [6, 6.07) is 7.13. The van der Waals surface area contributed by atoms with E-state index in [1.165, 1.54) is 7.11 Å². The van der Waals surface area contributed by atoms with E-state index in [1.807, 2.05) is 12.1 Å². The molecule has 0 bridgehead atoms. The topological polar surface area (TPSA) is 61.5 Å². The third-order valence-corrected chi connectivity index (χ3v) is 2.30. The van der Waals surface area contributed by atoms with E-state index in [1.54, 1.807) is 12.1 Å². The Balaban J connectivity index is 2.66. The van der Waals surface area contributed by atoms with Crippen molar-refractivity contribution in [2.75, 3.05) is 13.7 Å². The van der Waals surface area contributed by atoms with E-state index in [2.05, 4.69) is 20.7 Å². The van der Waals surface area contributed by atoms with Crippen molar-refractivity contribution in [3.05, 3.63) is 28.7 Å². The van der Waals surface area contributed by atoms with Crippen molar-refractivity contribution in [2.45, 2.75) is 6.10 Å². The van der Waals surface area contributed by atoms with Crippen LogP contribution >= 0.6 is 15.9 Å². The van der Waals surface area contributed by atoms with Gasteiger partial charge < -0.3 is 15.2 Å². The molecule has 0 aliphatic rings. The molecular formula is C10H12BrNO3. The summed E-state index contributed by atoms with van der Waals surface area (Å²) in [6.07, 6.45) is -0.754. The number of benzene rings is 1. The lowest BCUT2D eigenvalue weighted by Crippen LogP contribution is -2.35. The fourth-order valence-corrected chi connectivity index (χ4v) is 1.27. The van der Waals surface area contributed by atoms with Crippen molar-refractivity contribution in [1.82, 2.24) is 0 Å². The van der Waals surface area contributed by atoms with Gasteiger partial charge in [-0.15, -0.1) is 0 Å². The molecule has 4 nitrogen and oxygen atoms in total. The molecule has 0 heterocycles. The van der Waals surface area contributed by atoms with Gasteiger partial charge in [-0.2, -0.15) is 0 Å². The van der Waals surface area contributed by atoms with Crippen molar-refractivity contribution in [1.29, 1.82) is 0 Å². The molecule has 1 rings (SSSR count). The molecule has 15 heavy (non-hydrogen) atoms. The van der Waals surface area contributed by atoms with E-state index < -0.39 is 12.1 Å². The van der Waals surface area contributed by atoms with E-state index in [4.69, 9.17) is 10.5 Å². The lowest BCUT2D eigenvalue weighted by Gasteiger charge is -2.14. The van der Waals surface area contributed by atoms with Gasteiger partial charge in [0.1, 0.15) is 5.75 Å². The molecule has 2 N–H and O–H groups in total. The van der Waals surface area contributed by atoms with Crippen LogP contribution in [0.3, 0.4) is 0 Å². The summed E-state index contributed by atoms with van der Waals surface area (Å²) in [6.45, 7) is 0.0860. The molecule has 1 atom stereocenters. The van der Waals surface area contributed by atoms with Crippen molar-refractivity contribution < 1.29 is 14.3 Å². The summed E-state index contributed by atoms with van der Waals surface area (Å²) < 4.78 is 10.8. The lowest BCUT2D eigenvalue weighted by atomic mass is 10.3. The number of rotatable bonds is 4. The number of carbonyl (C=O) groups excluding carboxylic acids is 1. The normalized spacial score (nSPS) is 11.9. The van der Waals surface area contributed by atoms with Crippen LogP contribution in [0.5, 0.6) is 5.75 Å². The largest absolute Gasteiger partial charge is 0.477 e. The summed E-state index contributed by atoms with van der Waals surface area (Å²) in [5.41, 5.74) is 5.39. The van der Waals surface area contributed by atoms with E-state index >= 15 is 0 Å². The van der Waals surface area contributed by atoms with Crippen LogP contribution in [0.4, 0.5) is 0 Å². The molecule has 0 saturated carbocycles. The third kappa shape index (κ3) is 3.53. The van der Waals surface area contributed by atoms with E-state index in [0.29, 0.717) is 5.75 Å². The minimum absolute atomic E-state index is 0.0860. The standard InChI is InChI=1S/C10H12BrNO3/c1-14-10(13)9(6-12)15-8-4-2-7(11)3-5-8/h2-5,9H,6,12H2,1H3/t9-/m1/s1. The number of nitrogens with two attached hydrogens (primary N) is 1. The monoisotopic (exact) mass is 273 g/mol. The summed E-state index contributed by atoms with van der Waals surface area (Å²) in [7, 11) is 1.30. The first kappa shape index (κ1) is 12.0. The highest BCUT2D eigenvalue weighted by Crippen LogP contribution is 2.17. The molecule has 1 aromatic carbocycles. The molecule has 0 aliphatic heterocycles. The molecule has 0 fully saturated rings. The van der Waals surface area contributed by atoms with Crippen molar-refractivity contribution in [2.24, 2.45) is 5.73 Å². The smallest absolute Gasteiger partial charge is 0.348 e. The van der Waals surface area contributed by atoms with Crippen molar-refractivity contribution >= 4 is 21.9 Å². The summed E-state index contributed by atoms with van der Waals surface area (Å²) in [4.78, 5) is 11.2. The first-order valence-corrected chi connectivity index (χ1v) is 5.16. The Morgan fingerprint density at radius 3 is 2.53 bits per heavy atom. The third-order valence-electron chi connectivity index (χ3n) is 1.77. The highest BCUT2D eigenvalue weighted by atomic mass is 79.9. The van der Waals surface area contributed by atoms with Crippen LogP contribution in [0, 0.1) is 0 Å². The average Bonchev–Trinajstić information content (AvgIpc) is 2.27. The van der Waals surface area contributed by atoms with Crippen LogP contribution in [0.15, 0.2) is 28.7 Å². The first-order valence-electron chi connectivity index (χ1n) is 4.37. The predicted octanol–water partition coefficient (Wildman–Crippen LogP) is 1.33. The summed E-state index contributed by atoms with van der Waals surface area (Å²) in [5, 5.41) is 0. The Kier molecular flexibility index (Phi) is 4.58. The van der Waals surface area contributed by atoms with Gasteiger partial charge in [-0.25, -0.2) is 4.79 Å². The average molecular weight is 274 g/mol. The maximum absolute atomic E-state index is 11.2. The summed E-state index contributed by atoms with van der Waals surface area (Å²) >= 11 is 3.30. The van der Waals surface area contributed by atoms with Gasteiger partial charge in [-0.05, 0) is 24.3 Å².